The minimum Gasteiger partial charge on any atom is -0.349 e. The van der Waals surface area contributed by atoms with Crippen molar-refractivity contribution in [3.05, 3.63) is 35.4 Å². The van der Waals surface area contributed by atoms with Crippen molar-refractivity contribution in [3.8, 4) is 0 Å². The molecule has 0 heterocycles. The van der Waals surface area contributed by atoms with Crippen LogP contribution in [0, 0.1) is 17.6 Å². The van der Waals surface area contributed by atoms with E-state index in [1.54, 1.807) is 0 Å². The summed E-state index contributed by atoms with van der Waals surface area (Å²) in [6.07, 6.45) is 0.261. The Morgan fingerprint density at radius 1 is 1.40 bits per heavy atom. The molecule has 1 aromatic carbocycles. The van der Waals surface area contributed by atoms with Crippen molar-refractivity contribution in [1.29, 1.82) is 0 Å². The van der Waals surface area contributed by atoms with E-state index in [0.717, 1.165) is 6.07 Å². The van der Waals surface area contributed by atoms with E-state index >= 15 is 0 Å². The molecule has 5 heteroatoms. The van der Waals surface area contributed by atoms with Gasteiger partial charge < -0.3 is 11.1 Å². The van der Waals surface area contributed by atoms with Crippen LogP contribution in [0.3, 0.4) is 0 Å². The van der Waals surface area contributed by atoms with Crippen LogP contribution in [0.2, 0.25) is 0 Å². The molecule has 20 heavy (non-hydrogen) atoms. The number of nitrogens with one attached hydrogen (secondary N) is 1. The Labute approximate surface area is 118 Å². The van der Waals surface area contributed by atoms with Gasteiger partial charge in [0.05, 0.1) is 5.54 Å². The Hall–Kier alpha value is -1.49. The Kier molecular flexibility index (Phi) is 5.62. The maximum atomic E-state index is 13.5. The fourth-order valence-corrected chi connectivity index (χ4v) is 1.80. The topological polar surface area (TPSA) is 55.1 Å². The molecule has 3 nitrogen and oxygen atoms in total. The molecule has 1 unspecified atom stereocenters. The van der Waals surface area contributed by atoms with Crippen molar-refractivity contribution in [1.82, 2.24) is 5.32 Å². The number of nitrogens with two attached hydrogens (primary N) is 1. The quantitative estimate of drug-likeness (QED) is 0.842. The Balaban J connectivity index is 2.62. The maximum absolute atomic E-state index is 13.5. The predicted molar refractivity (Wildman–Crippen MR) is 75.1 cm³/mol. The number of hydrogen-bond acceptors (Lipinski definition) is 2. The zero-order chi connectivity index (χ0) is 15.3. The summed E-state index contributed by atoms with van der Waals surface area (Å²) < 4.78 is 26.5. The number of halogens is 2. The fourth-order valence-electron chi connectivity index (χ4n) is 1.80. The molecule has 1 rings (SSSR count). The van der Waals surface area contributed by atoms with Gasteiger partial charge in [-0.15, -0.1) is 0 Å². The minimum absolute atomic E-state index is 0.0999. The van der Waals surface area contributed by atoms with Crippen LogP contribution >= 0.6 is 0 Å². The third kappa shape index (κ3) is 4.00. The summed E-state index contributed by atoms with van der Waals surface area (Å²) in [5, 5.41) is 2.87. The number of rotatable bonds is 6. The van der Waals surface area contributed by atoms with Crippen molar-refractivity contribution in [2.45, 2.75) is 39.2 Å². The van der Waals surface area contributed by atoms with Gasteiger partial charge >= 0.3 is 0 Å². The fraction of sp³-hybridized carbons (Fsp3) is 0.533. The lowest BCUT2D eigenvalue weighted by molar-refractivity contribution is -0.123. The van der Waals surface area contributed by atoms with Crippen LogP contribution in [0.4, 0.5) is 8.78 Å². The zero-order valence-corrected chi connectivity index (χ0v) is 12.2. The Morgan fingerprint density at radius 2 is 2.05 bits per heavy atom. The van der Waals surface area contributed by atoms with Gasteiger partial charge in [0, 0.05) is 13.0 Å². The standard InChI is InChI=1S/C15H22F2N2O/c1-10(2)15(3,9-18)19-13(20)8-7-11-5-4-6-12(16)14(11)17/h4-6,10H,7-9,18H2,1-3H3,(H,19,20). The maximum Gasteiger partial charge on any atom is 0.220 e. The van der Waals surface area contributed by atoms with Crippen LogP contribution in [-0.4, -0.2) is 18.0 Å². The van der Waals surface area contributed by atoms with E-state index in [1.165, 1.54) is 12.1 Å². The molecule has 0 aliphatic heterocycles. The van der Waals surface area contributed by atoms with Crippen molar-refractivity contribution in [3.63, 3.8) is 0 Å². The van der Waals surface area contributed by atoms with Crippen LogP contribution in [0.1, 0.15) is 32.8 Å². The third-order valence-electron chi connectivity index (χ3n) is 3.78. The van der Waals surface area contributed by atoms with Crippen LogP contribution in [0.15, 0.2) is 18.2 Å². The second-order valence-corrected chi connectivity index (χ2v) is 5.54. The SMILES string of the molecule is CC(C)C(C)(CN)NC(=O)CCc1cccc(F)c1F. The zero-order valence-electron chi connectivity index (χ0n) is 12.2. The number of benzene rings is 1. The predicted octanol–water partition coefficient (Wildman–Crippen LogP) is 2.39. The molecule has 0 aromatic heterocycles. The highest BCUT2D eigenvalue weighted by Crippen LogP contribution is 2.16. The number of amides is 1. The molecule has 0 spiro atoms. The van der Waals surface area contributed by atoms with Gasteiger partial charge in [-0.1, -0.05) is 26.0 Å². The second-order valence-electron chi connectivity index (χ2n) is 5.54. The van der Waals surface area contributed by atoms with E-state index < -0.39 is 17.2 Å². The number of hydrogen-bond donors (Lipinski definition) is 2. The van der Waals surface area contributed by atoms with Crippen LogP contribution in [0.25, 0.3) is 0 Å². The molecule has 0 saturated heterocycles. The first-order valence-corrected chi connectivity index (χ1v) is 6.74. The highest BCUT2D eigenvalue weighted by atomic mass is 19.2. The molecule has 112 valence electrons. The summed E-state index contributed by atoms with van der Waals surface area (Å²) in [5.74, 6) is -1.81. The molecule has 0 radical (unpaired) electrons. The van der Waals surface area contributed by atoms with Crippen LogP contribution < -0.4 is 11.1 Å². The highest BCUT2D eigenvalue weighted by molar-refractivity contribution is 5.77. The molecule has 1 aromatic rings. The monoisotopic (exact) mass is 284 g/mol. The van der Waals surface area contributed by atoms with Crippen LogP contribution in [-0.2, 0) is 11.2 Å². The molecular formula is C15H22F2N2O. The van der Waals surface area contributed by atoms with Crippen LogP contribution in [0.5, 0.6) is 0 Å². The summed E-state index contributed by atoms with van der Waals surface area (Å²) in [5.41, 5.74) is 5.40. The number of aryl methyl sites for hydroxylation is 1. The minimum atomic E-state index is -0.892. The lowest BCUT2D eigenvalue weighted by Gasteiger charge is -2.33. The average molecular weight is 284 g/mol. The first-order valence-electron chi connectivity index (χ1n) is 6.74. The van der Waals surface area contributed by atoms with E-state index in [-0.39, 0.29) is 30.2 Å². The lowest BCUT2D eigenvalue weighted by atomic mass is 9.88. The molecule has 0 saturated carbocycles. The molecule has 3 N–H and O–H groups in total. The number of carbonyl (C=O) groups is 1. The smallest absolute Gasteiger partial charge is 0.220 e. The lowest BCUT2D eigenvalue weighted by Crippen LogP contribution is -2.55. The average Bonchev–Trinajstić information content (AvgIpc) is 2.40. The van der Waals surface area contributed by atoms with E-state index in [2.05, 4.69) is 5.32 Å². The molecular weight excluding hydrogens is 262 g/mol. The normalized spacial score (nSPS) is 14.2. The first kappa shape index (κ1) is 16.6. The molecule has 0 aliphatic carbocycles. The largest absolute Gasteiger partial charge is 0.349 e. The molecule has 1 amide bonds. The van der Waals surface area contributed by atoms with Gasteiger partial charge in [0.25, 0.3) is 0 Å². The summed E-state index contributed by atoms with van der Waals surface area (Å²) in [6, 6.07) is 3.98. The molecule has 0 fully saturated rings. The summed E-state index contributed by atoms with van der Waals surface area (Å²) >= 11 is 0. The Bertz CT molecular complexity index is 477. The van der Waals surface area contributed by atoms with Gasteiger partial charge in [0.15, 0.2) is 11.6 Å². The van der Waals surface area contributed by atoms with Crippen molar-refractivity contribution in [2.75, 3.05) is 6.54 Å². The third-order valence-corrected chi connectivity index (χ3v) is 3.78. The van der Waals surface area contributed by atoms with Gasteiger partial charge in [-0.2, -0.15) is 0 Å². The van der Waals surface area contributed by atoms with Gasteiger partial charge in [-0.05, 0) is 30.9 Å². The van der Waals surface area contributed by atoms with Gasteiger partial charge in [0.2, 0.25) is 5.91 Å². The Morgan fingerprint density at radius 3 is 2.60 bits per heavy atom. The molecule has 1 atom stereocenters. The molecule has 0 aliphatic rings. The second kappa shape index (κ2) is 6.79. The van der Waals surface area contributed by atoms with Crippen molar-refractivity contribution < 1.29 is 13.6 Å². The van der Waals surface area contributed by atoms with E-state index in [1.807, 2.05) is 20.8 Å². The van der Waals surface area contributed by atoms with Gasteiger partial charge in [-0.3, -0.25) is 4.79 Å². The summed E-state index contributed by atoms with van der Waals surface area (Å²) in [4.78, 5) is 11.9. The van der Waals surface area contributed by atoms with Gasteiger partial charge in [-0.25, -0.2) is 8.78 Å². The van der Waals surface area contributed by atoms with Crippen molar-refractivity contribution in [2.24, 2.45) is 11.7 Å². The van der Waals surface area contributed by atoms with E-state index in [4.69, 9.17) is 5.73 Å². The molecule has 0 bridgehead atoms. The highest BCUT2D eigenvalue weighted by Gasteiger charge is 2.28. The van der Waals surface area contributed by atoms with E-state index in [0.29, 0.717) is 6.54 Å². The van der Waals surface area contributed by atoms with Crippen molar-refractivity contribution >= 4 is 5.91 Å². The van der Waals surface area contributed by atoms with Gasteiger partial charge in [0.1, 0.15) is 0 Å². The number of carbonyl (C=O) groups excluding carboxylic acids is 1. The first-order chi connectivity index (χ1) is 9.30. The van der Waals surface area contributed by atoms with E-state index in [9.17, 15) is 13.6 Å². The summed E-state index contributed by atoms with van der Waals surface area (Å²) in [6.45, 7) is 6.14. The summed E-state index contributed by atoms with van der Waals surface area (Å²) in [7, 11) is 0.